The first-order valence-electron chi connectivity index (χ1n) is 8.39. The fourth-order valence-electron chi connectivity index (χ4n) is 2.85. The zero-order valence-corrected chi connectivity index (χ0v) is 14.8. The fraction of sp³-hybridized carbons (Fsp3) is 0.474. The van der Waals surface area contributed by atoms with Gasteiger partial charge in [0.05, 0.1) is 5.60 Å². The van der Waals surface area contributed by atoms with Gasteiger partial charge in [-0.05, 0) is 30.3 Å². The van der Waals surface area contributed by atoms with Crippen molar-refractivity contribution in [2.45, 2.75) is 32.3 Å². The second kappa shape index (κ2) is 7.80. The number of rotatable bonds is 6. The Morgan fingerprint density at radius 2 is 1.88 bits per heavy atom. The van der Waals surface area contributed by atoms with Crippen LogP contribution in [-0.4, -0.2) is 42.3 Å². The minimum atomic E-state index is -0.850. The SMILES string of the molecule is C=CC(=O)Nc1ccc(C(=O)NCC(C)(C)C2(O)CCOCC2)cc1. The Hall–Kier alpha value is -2.18. The second-order valence-electron chi connectivity index (χ2n) is 6.98. The lowest BCUT2D eigenvalue weighted by atomic mass is 9.70. The largest absolute Gasteiger partial charge is 0.389 e. The van der Waals surface area contributed by atoms with Gasteiger partial charge in [-0.3, -0.25) is 9.59 Å². The van der Waals surface area contributed by atoms with Gasteiger partial charge in [-0.15, -0.1) is 0 Å². The van der Waals surface area contributed by atoms with Crippen LogP contribution in [0.2, 0.25) is 0 Å². The van der Waals surface area contributed by atoms with Gasteiger partial charge in [0.1, 0.15) is 0 Å². The van der Waals surface area contributed by atoms with E-state index >= 15 is 0 Å². The van der Waals surface area contributed by atoms with Crippen molar-refractivity contribution in [2.24, 2.45) is 5.41 Å². The Bertz CT molecular complexity index is 631. The third-order valence-corrected chi connectivity index (χ3v) is 4.87. The summed E-state index contributed by atoms with van der Waals surface area (Å²) in [5, 5.41) is 16.4. The summed E-state index contributed by atoms with van der Waals surface area (Å²) >= 11 is 0. The van der Waals surface area contributed by atoms with E-state index in [0.29, 0.717) is 43.9 Å². The zero-order chi connectivity index (χ0) is 18.5. The smallest absolute Gasteiger partial charge is 0.251 e. The minimum absolute atomic E-state index is 0.217. The van der Waals surface area contributed by atoms with Crippen molar-refractivity contribution in [2.75, 3.05) is 25.1 Å². The number of anilines is 1. The van der Waals surface area contributed by atoms with Crippen LogP contribution in [0.5, 0.6) is 0 Å². The lowest BCUT2D eigenvalue weighted by Crippen LogP contribution is -2.53. The van der Waals surface area contributed by atoms with Crippen LogP contribution in [0, 0.1) is 5.41 Å². The van der Waals surface area contributed by atoms with Crippen molar-refractivity contribution in [1.29, 1.82) is 0 Å². The second-order valence-corrected chi connectivity index (χ2v) is 6.98. The van der Waals surface area contributed by atoms with Gasteiger partial charge in [-0.25, -0.2) is 0 Å². The number of hydrogen-bond acceptors (Lipinski definition) is 4. The number of aliphatic hydroxyl groups is 1. The normalized spacial score (nSPS) is 16.8. The molecule has 0 radical (unpaired) electrons. The summed E-state index contributed by atoms with van der Waals surface area (Å²) in [7, 11) is 0. The zero-order valence-electron chi connectivity index (χ0n) is 14.8. The highest BCUT2D eigenvalue weighted by molar-refractivity contribution is 5.99. The predicted molar refractivity (Wildman–Crippen MR) is 96.4 cm³/mol. The molecule has 0 spiro atoms. The standard InChI is InChI=1S/C19H26N2O4/c1-4-16(22)21-15-7-5-14(6-8-15)17(23)20-13-18(2,3)19(24)9-11-25-12-10-19/h4-8,24H,1,9-13H2,2-3H3,(H,20,23)(H,21,22). The molecule has 25 heavy (non-hydrogen) atoms. The van der Waals surface area contributed by atoms with Crippen molar-refractivity contribution in [3.05, 3.63) is 42.5 Å². The summed E-state index contributed by atoms with van der Waals surface area (Å²) in [6, 6.07) is 6.61. The molecule has 3 N–H and O–H groups in total. The van der Waals surface area contributed by atoms with E-state index < -0.39 is 11.0 Å². The van der Waals surface area contributed by atoms with Crippen molar-refractivity contribution >= 4 is 17.5 Å². The third kappa shape index (κ3) is 4.67. The molecule has 1 fully saturated rings. The van der Waals surface area contributed by atoms with Gasteiger partial charge in [0, 0.05) is 49.3 Å². The quantitative estimate of drug-likeness (QED) is 0.689. The molecular formula is C19H26N2O4. The minimum Gasteiger partial charge on any atom is -0.389 e. The molecule has 1 aliphatic heterocycles. The van der Waals surface area contributed by atoms with E-state index in [9.17, 15) is 14.7 Å². The van der Waals surface area contributed by atoms with Gasteiger partial charge in [0.15, 0.2) is 0 Å². The van der Waals surface area contributed by atoms with Crippen LogP contribution in [0.25, 0.3) is 0 Å². The summed E-state index contributed by atoms with van der Waals surface area (Å²) < 4.78 is 5.32. The molecule has 2 rings (SSSR count). The Labute approximate surface area is 148 Å². The van der Waals surface area contributed by atoms with Crippen LogP contribution in [0.4, 0.5) is 5.69 Å². The van der Waals surface area contributed by atoms with E-state index in [2.05, 4.69) is 17.2 Å². The maximum atomic E-state index is 12.3. The van der Waals surface area contributed by atoms with Crippen LogP contribution >= 0.6 is 0 Å². The van der Waals surface area contributed by atoms with Crippen LogP contribution in [-0.2, 0) is 9.53 Å². The van der Waals surface area contributed by atoms with Crippen LogP contribution in [0.1, 0.15) is 37.0 Å². The van der Waals surface area contributed by atoms with E-state index in [1.807, 2.05) is 13.8 Å². The van der Waals surface area contributed by atoms with Crippen molar-refractivity contribution < 1.29 is 19.4 Å². The van der Waals surface area contributed by atoms with Gasteiger partial charge in [-0.2, -0.15) is 0 Å². The monoisotopic (exact) mass is 346 g/mol. The molecule has 0 unspecified atom stereocenters. The molecule has 0 saturated carbocycles. The molecule has 0 atom stereocenters. The third-order valence-electron chi connectivity index (χ3n) is 4.87. The van der Waals surface area contributed by atoms with E-state index in [4.69, 9.17) is 4.74 Å². The number of carbonyl (C=O) groups is 2. The van der Waals surface area contributed by atoms with Gasteiger partial charge in [0.2, 0.25) is 5.91 Å². The topological polar surface area (TPSA) is 87.7 Å². The molecule has 1 aromatic carbocycles. The number of amides is 2. The summed E-state index contributed by atoms with van der Waals surface area (Å²) in [5.41, 5.74) is -0.230. The van der Waals surface area contributed by atoms with Crippen molar-refractivity contribution in [3.63, 3.8) is 0 Å². The summed E-state index contributed by atoms with van der Waals surface area (Å²) in [6.07, 6.45) is 2.31. The molecule has 136 valence electrons. The van der Waals surface area contributed by atoms with Gasteiger partial charge in [0.25, 0.3) is 5.91 Å². The number of carbonyl (C=O) groups excluding carboxylic acids is 2. The maximum Gasteiger partial charge on any atom is 0.251 e. The van der Waals surface area contributed by atoms with Crippen LogP contribution in [0.3, 0.4) is 0 Å². The Morgan fingerprint density at radius 3 is 2.44 bits per heavy atom. The Morgan fingerprint density at radius 1 is 1.28 bits per heavy atom. The molecule has 6 heteroatoms. The van der Waals surface area contributed by atoms with Gasteiger partial charge < -0.3 is 20.5 Å². The first-order chi connectivity index (χ1) is 11.8. The number of benzene rings is 1. The average molecular weight is 346 g/mol. The number of ether oxygens (including phenoxy) is 1. The summed E-state index contributed by atoms with van der Waals surface area (Å²) in [5.74, 6) is -0.519. The Kier molecular flexibility index (Phi) is 5.98. The molecule has 1 aliphatic rings. The molecule has 0 aromatic heterocycles. The molecule has 1 aromatic rings. The first kappa shape index (κ1) is 19.1. The number of hydrogen-bond donors (Lipinski definition) is 3. The average Bonchev–Trinajstić information content (AvgIpc) is 2.60. The van der Waals surface area contributed by atoms with E-state index in [1.165, 1.54) is 6.08 Å². The fourth-order valence-corrected chi connectivity index (χ4v) is 2.85. The molecular weight excluding hydrogens is 320 g/mol. The van der Waals surface area contributed by atoms with Crippen molar-refractivity contribution in [3.8, 4) is 0 Å². The van der Waals surface area contributed by atoms with E-state index in [1.54, 1.807) is 24.3 Å². The van der Waals surface area contributed by atoms with Crippen LogP contribution in [0.15, 0.2) is 36.9 Å². The number of nitrogens with one attached hydrogen (secondary N) is 2. The summed E-state index contributed by atoms with van der Waals surface area (Å²) in [6.45, 7) is 8.72. The highest BCUT2D eigenvalue weighted by atomic mass is 16.5. The van der Waals surface area contributed by atoms with Gasteiger partial charge >= 0.3 is 0 Å². The lowest BCUT2D eigenvalue weighted by molar-refractivity contribution is -0.130. The lowest BCUT2D eigenvalue weighted by Gasteiger charge is -2.45. The highest BCUT2D eigenvalue weighted by Gasteiger charge is 2.44. The Balaban J connectivity index is 1.95. The molecule has 1 heterocycles. The predicted octanol–water partition coefficient (Wildman–Crippen LogP) is 2.11. The highest BCUT2D eigenvalue weighted by Crippen LogP contribution is 2.38. The van der Waals surface area contributed by atoms with Crippen molar-refractivity contribution in [1.82, 2.24) is 5.32 Å². The maximum absolute atomic E-state index is 12.3. The molecule has 2 amide bonds. The molecule has 6 nitrogen and oxygen atoms in total. The summed E-state index contributed by atoms with van der Waals surface area (Å²) in [4.78, 5) is 23.6. The first-order valence-corrected chi connectivity index (χ1v) is 8.39. The van der Waals surface area contributed by atoms with Gasteiger partial charge in [-0.1, -0.05) is 20.4 Å². The van der Waals surface area contributed by atoms with Crippen LogP contribution < -0.4 is 10.6 Å². The van der Waals surface area contributed by atoms with E-state index in [-0.39, 0.29) is 11.8 Å². The molecule has 0 aliphatic carbocycles. The van der Waals surface area contributed by atoms with E-state index in [0.717, 1.165) is 0 Å². The molecule has 0 bridgehead atoms. The molecule has 1 saturated heterocycles.